The van der Waals surface area contributed by atoms with Crippen molar-refractivity contribution in [2.75, 3.05) is 26.2 Å². The highest BCUT2D eigenvalue weighted by Gasteiger charge is 2.20. The normalized spacial score (nSPS) is 26.9. The van der Waals surface area contributed by atoms with Crippen molar-refractivity contribution < 1.29 is 4.79 Å². The molecule has 1 atom stereocenters. The molecule has 2 aliphatic rings. The minimum atomic E-state index is 0.387. The molecule has 0 spiro atoms. The Hall–Kier alpha value is -0.570. The van der Waals surface area contributed by atoms with Gasteiger partial charge >= 0.3 is 0 Å². The molecular formula is C12H22N2O. The quantitative estimate of drug-likeness (QED) is 0.763. The summed E-state index contributed by atoms with van der Waals surface area (Å²) in [4.78, 5) is 13.8. The van der Waals surface area contributed by atoms with Gasteiger partial charge in [-0.25, -0.2) is 0 Å². The van der Waals surface area contributed by atoms with Crippen LogP contribution in [0.4, 0.5) is 0 Å². The molecule has 3 nitrogen and oxygen atoms in total. The van der Waals surface area contributed by atoms with Crippen molar-refractivity contribution >= 4 is 5.91 Å². The van der Waals surface area contributed by atoms with Crippen molar-refractivity contribution in [3.05, 3.63) is 0 Å². The smallest absolute Gasteiger partial charge is 0.222 e. The van der Waals surface area contributed by atoms with E-state index in [0.29, 0.717) is 5.91 Å². The number of rotatable bonds is 3. The van der Waals surface area contributed by atoms with Crippen LogP contribution in [0, 0.1) is 5.92 Å². The van der Waals surface area contributed by atoms with E-state index in [-0.39, 0.29) is 0 Å². The van der Waals surface area contributed by atoms with Crippen molar-refractivity contribution in [1.82, 2.24) is 10.2 Å². The van der Waals surface area contributed by atoms with E-state index < -0.39 is 0 Å². The van der Waals surface area contributed by atoms with E-state index in [2.05, 4.69) is 5.32 Å². The van der Waals surface area contributed by atoms with Crippen molar-refractivity contribution in [2.45, 2.75) is 38.5 Å². The molecule has 3 heteroatoms. The lowest BCUT2D eigenvalue weighted by Crippen LogP contribution is -2.32. The molecule has 0 bridgehead atoms. The zero-order valence-corrected chi connectivity index (χ0v) is 9.50. The van der Waals surface area contributed by atoms with Gasteiger partial charge in [0.05, 0.1) is 0 Å². The van der Waals surface area contributed by atoms with E-state index in [9.17, 15) is 4.79 Å². The molecule has 0 saturated carbocycles. The molecule has 0 unspecified atom stereocenters. The van der Waals surface area contributed by atoms with Crippen LogP contribution in [0.3, 0.4) is 0 Å². The molecule has 2 heterocycles. The molecule has 2 aliphatic heterocycles. The van der Waals surface area contributed by atoms with Crippen LogP contribution in [0.25, 0.3) is 0 Å². The highest BCUT2D eigenvalue weighted by molar-refractivity contribution is 5.76. The summed E-state index contributed by atoms with van der Waals surface area (Å²) in [5, 5.41) is 3.40. The first-order valence-electron chi connectivity index (χ1n) is 6.35. The Kier molecular flexibility index (Phi) is 4.01. The van der Waals surface area contributed by atoms with Crippen molar-refractivity contribution in [3.63, 3.8) is 0 Å². The van der Waals surface area contributed by atoms with Gasteiger partial charge in [-0.15, -0.1) is 0 Å². The van der Waals surface area contributed by atoms with Crippen LogP contribution in [0.5, 0.6) is 0 Å². The molecular weight excluding hydrogens is 188 g/mol. The van der Waals surface area contributed by atoms with E-state index in [1.54, 1.807) is 0 Å². The number of nitrogens with one attached hydrogen (secondary N) is 1. The largest absolute Gasteiger partial charge is 0.343 e. The van der Waals surface area contributed by atoms with E-state index in [0.717, 1.165) is 44.9 Å². The van der Waals surface area contributed by atoms with Gasteiger partial charge in [0.25, 0.3) is 0 Å². The van der Waals surface area contributed by atoms with Gasteiger partial charge in [0.1, 0.15) is 0 Å². The van der Waals surface area contributed by atoms with Gasteiger partial charge in [-0.2, -0.15) is 0 Å². The van der Waals surface area contributed by atoms with Gasteiger partial charge in [0.15, 0.2) is 0 Å². The number of nitrogens with zero attached hydrogens (tertiary/aromatic N) is 1. The van der Waals surface area contributed by atoms with Crippen LogP contribution in [0.2, 0.25) is 0 Å². The third-order valence-corrected chi connectivity index (χ3v) is 3.62. The fraction of sp³-hybridized carbons (Fsp3) is 0.917. The zero-order chi connectivity index (χ0) is 10.5. The second-order valence-electron chi connectivity index (χ2n) is 4.84. The Bertz CT molecular complexity index is 206. The number of carbonyl (C=O) groups excluding carboxylic acids is 1. The fourth-order valence-corrected chi connectivity index (χ4v) is 2.62. The predicted molar refractivity (Wildman–Crippen MR) is 60.6 cm³/mol. The molecule has 2 fully saturated rings. The third kappa shape index (κ3) is 3.20. The van der Waals surface area contributed by atoms with Gasteiger partial charge in [-0.05, 0) is 51.1 Å². The summed E-state index contributed by atoms with van der Waals surface area (Å²) in [5.74, 6) is 1.13. The second-order valence-corrected chi connectivity index (χ2v) is 4.84. The summed E-state index contributed by atoms with van der Waals surface area (Å²) in [6.45, 7) is 4.29. The van der Waals surface area contributed by atoms with Crippen LogP contribution in [0.15, 0.2) is 0 Å². The standard InChI is InChI=1S/C12H22N2O/c15-12(14-8-1-2-9-14)6-5-11-4-3-7-13-10-11/h11,13H,1-10H2/t11-/m0/s1. The molecule has 0 aromatic rings. The molecule has 0 aliphatic carbocycles. The Morgan fingerprint density at radius 1 is 1.27 bits per heavy atom. The number of amides is 1. The maximum absolute atomic E-state index is 11.8. The Balaban J connectivity index is 1.65. The summed E-state index contributed by atoms with van der Waals surface area (Å²) >= 11 is 0. The summed E-state index contributed by atoms with van der Waals surface area (Å²) in [6, 6.07) is 0. The summed E-state index contributed by atoms with van der Waals surface area (Å²) in [7, 11) is 0. The Morgan fingerprint density at radius 3 is 2.73 bits per heavy atom. The van der Waals surface area contributed by atoms with Gasteiger partial charge in [-0.1, -0.05) is 0 Å². The zero-order valence-electron chi connectivity index (χ0n) is 9.50. The van der Waals surface area contributed by atoms with E-state index in [4.69, 9.17) is 0 Å². The van der Waals surface area contributed by atoms with Gasteiger partial charge < -0.3 is 10.2 Å². The van der Waals surface area contributed by atoms with Crippen LogP contribution in [-0.2, 0) is 4.79 Å². The molecule has 1 N–H and O–H groups in total. The lowest BCUT2D eigenvalue weighted by Gasteiger charge is -2.23. The maximum atomic E-state index is 11.8. The average molecular weight is 210 g/mol. The minimum absolute atomic E-state index is 0.387. The monoisotopic (exact) mass is 210 g/mol. The Morgan fingerprint density at radius 2 is 2.07 bits per heavy atom. The van der Waals surface area contributed by atoms with Crippen molar-refractivity contribution in [2.24, 2.45) is 5.92 Å². The highest BCUT2D eigenvalue weighted by atomic mass is 16.2. The van der Waals surface area contributed by atoms with Gasteiger partial charge in [-0.3, -0.25) is 4.79 Å². The minimum Gasteiger partial charge on any atom is -0.343 e. The molecule has 2 saturated heterocycles. The summed E-state index contributed by atoms with van der Waals surface area (Å²) < 4.78 is 0. The predicted octanol–water partition coefficient (Wildman–Crippen LogP) is 1.39. The molecule has 1 amide bonds. The first-order valence-corrected chi connectivity index (χ1v) is 6.35. The van der Waals surface area contributed by atoms with E-state index in [1.165, 1.54) is 25.7 Å². The van der Waals surface area contributed by atoms with Crippen molar-refractivity contribution in [1.29, 1.82) is 0 Å². The number of likely N-dealkylation sites (tertiary alicyclic amines) is 1. The lowest BCUT2D eigenvalue weighted by molar-refractivity contribution is -0.130. The van der Waals surface area contributed by atoms with Gasteiger partial charge in [0.2, 0.25) is 5.91 Å². The number of hydrogen-bond donors (Lipinski definition) is 1. The van der Waals surface area contributed by atoms with E-state index >= 15 is 0 Å². The number of piperidine rings is 1. The highest BCUT2D eigenvalue weighted by Crippen LogP contribution is 2.17. The van der Waals surface area contributed by atoms with Crippen molar-refractivity contribution in [3.8, 4) is 0 Å². The van der Waals surface area contributed by atoms with Gasteiger partial charge in [0, 0.05) is 19.5 Å². The Labute approximate surface area is 92.2 Å². The summed E-state index contributed by atoms with van der Waals surface area (Å²) in [5.41, 5.74) is 0. The topological polar surface area (TPSA) is 32.3 Å². The van der Waals surface area contributed by atoms with Crippen LogP contribution < -0.4 is 5.32 Å². The number of hydrogen-bond acceptors (Lipinski definition) is 2. The second kappa shape index (κ2) is 5.50. The van der Waals surface area contributed by atoms with Crippen LogP contribution in [-0.4, -0.2) is 37.0 Å². The number of carbonyl (C=O) groups is 1. The van der Waals surface area contributed by atoms with Crippen LogP contribution >= 0.6 is 0 Å². The third-order valence-electron chi connectivity index (χ3n) is 3.62. The molecule has 0 aromatic heterocycles. The maximum Gasteiger partial charge on any atom is 0.222 e. The molecule has 86 valence electrons. The SMILES string of the molecule is O=C(CC[C@@H]1CCCNC1)N1CCCC1. The first-order chi connectivity index (χ1) is 7.36. The lowest BCUT2D eigenvalue weighted by atomic mass is 9.94. The van der Waals surface area contributed by atoms with E-state index in [1.807, 2.05) is 4.90 Å². The first kappa shape index (κ1) is 10.9. The average Bonchev–Trinajstić information content (AvgIpc) is 2.81. The molecule has 0 aromatic carbocycles. The summed E-state index contributed by atoms with van der Waals surface area (Å²) in [6.07, 6.45) is 6.85. The molecule has 0 radical (unpaired) electrons. The molecule has 2 rings (SSSR count). The fourth-order valence-electron chi connectivity index (χ4n) is 2.62. The molecule has 15 heavy (non-hydrogen) atoms. The van der Waals surface area contributed by atoms with Crippen LogP contribution in [0.1, 0.15) is 38.5 Å².